The van der Waals surface area contributed by atoms with E-state index in [2.05, 4.69) is 18.5 Å². The smallest absolute Gasteiger partial charge is 0.118 e. The molecular weight excluding hydrogens is 222 g/mol. The molecule has 0 aliphatic carbocycles. The van der Waals surface area contributed by atoms with Crippen LogP contribution in [0.25, 0.3) is 0 Å². The first-order chi connectivity index (χ1) is 7.67. The molecule has 0 bridgehead atoms. The van der Waals surface area contributed by atoms with Crippen LogP contribution >= 0.6 is 11.8 Å². The Bertz CT molecular complexity index is 301. The summed E-state index contributed by atoms with van der Waals surface area (Å²) in [5.41, 5.74) is 0. The summed E-state index contributed by atoms with van der Waals surface area (Å²) in [5.74, 6) is 3.16. The first-order valence-electron chi connectivity index (χ1n) is 5.58. The first kappa shape index (κ1) is 13.6. The Labute approximate surface area is 102 Å². The van der Waals surface area contributed by atoms with Crippen molar-refractivity contribution in [3.05, 3.63) is 23.7 Å². The molecule has 0 aliphatic heterocycles. The Kier molecular flexibility index (Phi) is 5.95. The topological polar surface area (TPSA) is 45.4 Å². The summed E-state index contributed by atoms with van der Waals surface area (Å²) in [7, 11) is 0. The number of aliphatic hydroxyl groups excluding tert-OH is 1. The summed E-state index contributed by atoms with van der Waals surface area (Å²) in [6, 6.07) is 4.32. The highest BCUT2D eigenvalue weighted by Crippen LogP contribution is 2.13. The minimum atomic E-state index is 0.212. The molecule has 2 N–H and O–H groups in total. The molecule has 0 saturated heterocycles. The van der Waals surface area contributed by atoms with Gasteiger partial charge in [0.05, 0.1) is 12.3 Å². The summed E-state index contributed by atoms with van der Waals surface area (Å²) in [4.78, 5) is 0. The van der Waals surface area contributed by atoms with E-state index < -0.39 is 0 Å². The molecule has 0 saturated carbocycles. The van der Waals surface area contributed by atoms with E-state index in [1.807, 2.05) is 19.1 Å². The zero-order valence-electron chi connectivity index (χ0n) is 10.2. The predicted octanol–water partition coefficient (Wildman–Crippen LogP) is 2.25. The van der Waals surface area contributed by atoms with Crippen molar-refractivity contribution in [1.29, 1.82) is 0 Å². The van der Waals surface area contributed by atoms with Crippen LogP contribution in [0.4, 0.5) is 0 Å². The van der Waals surface area contributed by atoms with Gasteiger partial charge in [-0.05, 0) is 31.2 Å². The third kappa shape index (κ3) is 4.20. The van der Waals surface area contributed by atoms with Crippen LogP contribution in [0.1, 0.15) is 25.4 Å². The fourth-order valence-electron chi connectivity index (χ4n) is 1.36. The quantitative estimate of drug-likeness (QED) is 0.771. The zero-order chi connectivity index (χ0) is 12.0. The fourth-order valence-corrected chi connectivity index (χ4v) is 1.80. The van der Waals surface area contributed by atoms with E-state index in [-0.39, 0.29) is 12.5 Å². The lowest BCUT2D eigenvalue weighted by atomic mass is 10.1. The van der Waals surface area contributed by atoms with Crippen molar-refractivity contribution in [1.82, 2.24) is 5.32 Å². The molecule has 1 aromatic heterocycles. The van der Waals surface area contributed by atoms with Gasteiger partial charge in [-0.25, -0.2) is 0 Å². The second-order valence-corrected chi connectivity index (χ2v) is 5.00. The molecule has 4 heteroatoms. The van der Waals surface area contributed by atoms with Crippen molar-refractivity contribution in [3.63, 3.8) is 0 Å². The van der Waals surface area contributed by atoms with Gasteiger partial charge in [0.15, 0.2) is 0 Å². The van der Waals surface area contributed by atoms with Gasteiger partial charge in [0.1, 0.15) is 11.5 Å². The number of thioether (sulfide) groups is 1. The molecule has 0 aliphatic rings. The average Bonchev–Trinajstić information content (AvgIpc) is 2.73. The van der Waals surface area contributed by atoms with Gasteiger partial charge < -0.3 is 14.8 Å². The van der Waals surface area contributed by atoms with Crippen molar-refractivity contribution >= 4 is 11.8 Å². The summed E-state index contributed by atoms with van der Waals surface area (Å²) in [6.07, 6.45) is 2.06. The zero-order valence-corrected chi connectivity index (χ0v) is 11.0. The maximum atomic E-state index is 9.01. The summed E-state index contributed by atoms with van der Waals surface area (Å²) in [5, 5.41) is 12.4. The van der Waals surface area contributed by atoms with E-state index in [0.717, 1.165) is 23.8 Å². The van der Waals surface area contributed by atoms with Crippen molar-refractivity contribution in [2.24, 2.45) is 5.92 Å². The molecule has 92 valence electrons. The Morgan fingerprint density at radius 3 is 2.69 bits per heavy atom. The highest BCUT2D eigenvalue weighted by atomic mass is 32.2. The van der Waals surface area contributed by atoms with Crippen LogP contribution in [0.15, 0.2) is 16.5 Å². The van der Waals surface area contributed by atoms with Crippen LogP contribution in [0.3, 0.4) is 0 Å². The van der Waals surface area contributed by atoms with Gasteiger partial charge in [-0.3, -0.25) is 0 Å². The van der Waals surface area contributed by atoms with Crippen LogP contribution in [-0.4, -0.2) is 24.0 Å². The van der Waals surface area contributed by atoms with Crippen molar-refractivity contribution in [2.75, 3.05) is 12.9 Å². The predicted molar refractivity (Wildman–Crippen MR) is 68.5 cm³/mol. The van der Waals surface area contributed by atoms with Gasteiger partial charge in [-0.15, -0.1) is 0 Å². The van der Waals surface area contributed by atoms with Gasteiger partial charge in [-0.1, -0.05) is 6.92 Å². The molecule has 1 rings (SSSR count). The van der Waals surface area contributed by atoms with E-state index in [1.165, 1.54) is 0 Å². The van der Waals surface area contributed by atoms with E-state index in [0.29, 0.717) is 6.04 Å². The maximum absolute atomic E-state index is 9.01. The van der Waals surface area contributed by atoms with Gasteiger partial charge in [0.25, 0.3) is 0 Å². The van der Waals surface area contributed by atoms with E-state index >= 15 is 0 Å². The fraction of sp³-hybridized carbons (Fsp3) is 0.667. The Morgan fingerprint density at radius 2 is 2.06 bits per heavy atom. The molecule has 16 heavy (non-hydrogen) atoms. The molecule has 3 nitrogen and oxygen atoms in total. The van der Waals surface area contributed by atoms with Gasteiger partial charge in [-0.2, -0.15) is 11.8 Å². The molecule has 0 amide bonds. The van der Waals surface area contributed by atoms with Gasteiger partial charge in [0.2, 0.25) is 0 Å². The van der Waals surface area contributed by atoms with Gasteiger partial charge in [0, 0.05) is 12.6 Å². The molecule has 0 spiro atoms. The lowest BCUT2D eigenvalue weighted by Crippen LogP contribution is -2.33. The molecule has 1 heterocycles. The van der Waals surface area contributed by atoms with Crippen molar-refractivity contribution in [3.8, 4) is 0 Å². The van der Waals surface area contributed by atoms with Crippen LogP contribution in [0.5, 0.6) is 0 Å². The molecule has 1 aromatic rings. The lowest BCUT2D eigenvalue weighted by Gasteiger charge is -2.18. The largest absolute Gasteiger partial charge is 0.464 e. The minimum absolute atomic E-state index is 0.212. The second kappa shape index (κ2) is 6.99. The monoisotopic (exact) mass is 243 g/mol. The average molecular weight is 243 g/mol. The lowest BCUT2D eigenvalue weighted by molar-refractivity contribution is 0.205. The van der Waals surface area contributed by atoms with Crippen molar-refractivity contribution in [2.45, 2.75) is 32.2 Å². The highest BCUT2D eigenvalue weighted by Gasteiger charge is 2.11. The molecule has 0 fully saturated rings. The number of aliphatic hydroxyl groups is 1. The number of furan rings is 1. The van der Waals surface area contributed by atoms with Crippen molar-refractivity contribution < 1.29 is 9.52 Å². The van der Waals surface area contributed by atoms with Crippen LogP contribution < -0.4 is 5.32 Å². The summed E-state index contributed by atoms with van der Waals surface area (Å²) >= 11 is 1.75. The van der Waals surface area contributed by atoms with Crippen LogP contribution in [-0.2, 0) is 12.3 Å². The molecule has 0 aromatic carbocycles. The van der Waals surface area contributed by atoms with E-state index in [4.69, 9.17) is 9.52 Å². The molecular formula is C12H21NO2S. The van der Waals surface area contributed by atoms with Crippen LogP contribution in [0, 0.1) is 5.92 Å². The SMILES string of the molecule is CSCc1ccc(CNC(C)C(C)CO)o1. The summed E-state index contributed by atoms with van der Waals surface area (Å²) < 4.78 is 5.64. The Hall–Kier alpha value is -0.450. The maximum Gasteiger partial charge on any atom is 0.118 e. The number of rotatable bonds is 7. The third-order valence-electron chi connectivity index (χ3n) is 2.74. The van der Waals surface area contributed by atoms with E-state index in [1.54, 1.807) is 11.8 Å². The van der Waals surface area contributed by atoms with Gasteiger partial charge >= 0.3 is 0 Å². The highest BCUT2D eigenvalue weighted by molar-refractivity contribution is 7.97. The minimum Gasteiger partial charge on any atom is -0.464 e. The molecule has 2 unspecified atom stereocenters. The molecule has 2 atom stereocenters. The third-order valence-corrected chi connectivity index (χ3v) is 3.32. The number of hydrogen-bond donors (Lipinski definition) is 2. The van der Waals surface area contributed by atoms with E-state index in [9.17, 15) is 0 Å². The summed E-state index contributed by atoms with van der Waals surface area (Å²) in [6.45, 7) is 5.04. The Morgan fingerprint density at radius 1 is 1.38 bits per heavy atom. The van der Waals surface area contributed by atoms with Crippen LogP contribution in [0.2, 0.25) is 0 Å². The number of nitrogens with one attached hydrogen (secondary N) is 1. The second-order valence-electron chi connectivity index (χ2n) is 4.13. The normalized spacial score (nSPS) is 15.0. The Balaban J connectivity index is 2.36. The first-order valence-corrected chi connectivity index (χ1v) is 6.97. The standard InChI is InChI=1S/C12H21NO2S/c1-9(7-14)10(2)13-6-11-4-5-12(15-11)8-16-3/h4-5,9-10,13-14H,6-8H2,1-3H3. The number of hydrogen-bond acceptors (Lipinski definition) is 4. The molecule has 0 radical (unpaired) electrons.